The summed E-state index contributed by atoms with van der Waals surface area (Å²) in [4.78, 5) is 22.3. The first-order valence-corrected chi connectivity index (χ1v) is 5.40. The number of amides is 1. The molecule has 0 aliphatic carbocycles. The Balaban J connectivity index is 2.10. The normalized spacial score (nSPS) is 12.3. The molecule has 0 unspecified atom stereocenters. The molecule has 1 aromatic carbocycles. The number of esters is 1. The zero-order chi connectivity index (χ0) is 13.1. The number of carbonyl (C=O) groups excluding carboxylic acids is 2. The second kappa shape index (κ2) is 4.87. The van der Waals surface area contributed by atoms with E-state index in [0.717, 1.165) is 5.39 Å². The van der Waals surface area contributed by atoms with Crippen molar-refractivity contribution in [3.05, 3.63) is 30.0 Å². The SMILES string of the molecule is C[C@@H](OC(=O)Cc1noc2ccccc12)C(N)=O. The van der Waals surface area contributed by atoms with E-state index in [-0.39, 0.29) is 6.42 Å². The summed E-state index contributed by atoms with van der Waals surface area (Å²) in [6.07, 6.45) is -1.01. The molecule has 0 bridgehead atoms. The Kier molecular flexibility index (Phi) is 3.27. The van der Waals surface area contributed by atoms with Crippen LogP contribution in [0.15, 0.2) is 28.8 Å². The second-order valence-electron chi connectivity index (χ2n) is 3.84. The van der Waals surface area contributed by atoms with Crippen LogP contribution in [-0.4, -0.2) is 23.1 Å². The highest BCUT2D eigenvalue weighted by Gasteiger charge is 2.17. The number of primary amides is 1. The predicted octanol–water partition coefficient (Wildman–Crippen LogP) is 0.787. The minimum absolute atomic E-state index is 0.0609. The van der Waals surface area contributed by atoms with Gasteiger partial charge in [-0.3, -0.25) is 9.59 Å². The molecule has 1 aromatic heterocycles. The quantitative estimate of drug-likeness (QED) is 0.807. The molecule has 0 spiro atoms. The van der Waals surface area contributed by atoms with Gasteiger partial charge in [0.15, 0.2) is 11.7 Å². The van der Waals surface area contributed by atoms with Crippen LogP contribution in [0, 0.1) is 0 Å². The van der Waals surface area contributed by atoms with Crippen molar-refractivity contribution in [1.82, 2.24) is 5.16 Å². The van der Waals surface area contributed by atoms with Gasteiger partial charge in [0.05, 0.1) is 6.42 Å². The van der Waals surface area contributed by atoms with E-state index in [1.165, 1.54) is 6.92 Å². The predicted molar refractivity (Wildman–Crippen MR) is 62.5 cm³/mol. The van der Waals surface area contributed by atoms with Crippen LogP contribution in [0.5, 0.6) is 0 Å². The molecule has 0 saturated heterocycles. The van der Waals surface area contributed by atoms with E-state index in [2.05, 4.69) is 5.16 Å². The number of nitrogens with zero attached hydrogens (tertiary/aromatic N) is 1. The lowest BCUT2D eigenvalue weighted by molar-refractivity contribution is -0.153. The molecule has 1 amide bonds. The third-order valence-corrected chi connectivity index (χ3v) is 2.47. The smallest absolute Gasteiger partial charge is 0.312 e. The molecule has 0 fully saturated rings. The van der Waals surface area contributed by atoms with Crippen molar-refractivity contribution in [1.29, 1.82) is 0 Å². The fourth-order valence-electron chi connectivity index (χ4n) is 1.50. The monoisotopic (exact) mass is 248 g/mol. The van der Waals surface area contributed by atoms with E-state index >= 15 is 0 Å². The molecule has 6 heteroatoms. The number of fused-ring (bicyclic) bond motifs is 1. The Morgan fingerprint density at radius 2 is 2.17 bits per heavy atom. The number of para-hydroxylation sites is 1. The van der Waals surface area contributed by atoms with E-state index in [0.29, 0.717) is 11.3 Å². The first-order chi connectivity index (χ1) is 8.58. The van der Waals surface area contributed by atoms with Gasteiger partial charge in [0.2, 0.25) is 0 Å². The lowest BCUT2D eigenvalue weighted by Gasteiger charge is -2.08. The van der Waals surface area contributed by atoms with Crippen molar-refractivity contribution in [2.24, 2.45) is 5.73 Å². The van der Waals surface area contributed by atoms with Gasteiger partial charge in [-0.1, -0.05) is 17.3 Å². The van der Waals surface area contributed by atoms with Gasteiger partial charge in [-0.05, 0) is 19.1 Å². The summed E-state index contributed by atoms with van der Waals surface area (Å²) in [5.74, 6) is -1.26. The Labute approximate surface area is 103 Å². The summed E-state index contributed by atoms with van der Waals surface area (Å²) < 4.78 is 9.89. The number of hydrogen-bond acceptors (Lipinski definition) is 5. The topological polar surface area (TPSA) is 95.4 Å². The van der Waals surface area contributed by atoms with Gasteiger partial charge >= 0.3 is 5.97 Å². The van der Waals surface area contributed by atoms with E-state index in [1.807, 2.05) is 12.1 Å². The maximum atomic E-state index is 11.6. The third kappa shape index (κ3) is 2.48. The van der Waals surface area contributed by atoms with Crippen LogP contribution >= 0.6 is 0 Å². The molecule has 0 radical (unpaired) electrons. The van der Waals surface area contributed by atoms with Gasteiger partial charge in [0.1, 0.15) is 5.69 Å². The highest BCUT2D eigenvalue weighted by molar-refractivity contribution is 5.86. The minimum atomic E-state index is -0.948. The molecule has 1 heterocycles. The van der Waals surface area contributed by atoms with Crippen molar-refractivity contribution < 1.29 is 18.8 Å². The van der Waals surface area contributed by atoms with Crippen molar-refractivity contribution in [3.8, 4) is 0 Å². The van der Waals surface area contributed by atoms with Gasteiger partial charge in [0.25, 0.3) is 5.91 Å². The Morgan fingerprint density at radius 1 is 1.44 bits per heavy atom. The van der Waals surface area contributed by atoms with Crippen LogP contribution in [0.25, 0.3) is 11.0 Å². The van der Waals surface area contributed by atoms with E-state index in [4.69, 9.17) is 15.0 Å². The molecular formula is C12H12N2O4. The van der Waals surface area contributed by atoms with Crippen molar-refractivity contribution in [2.75, 3.05) is 0 Å². The minimum Gasteiger partial charge on any atom is -0.452 e. The molecule has 1 atom stereocenters. The lowest BCUT2D eigenvalue weighted by Crippen LogP contribution is -2.31. The molecule has 2 rings (SSSR count). The average Bonchev–Trinajstić information content (AvgIpc) is 2.72. The van der Waals surface area contributed by atoms with E-state index in [9.17, 15) is 9.59 Å². The molecule has 0 saturated carbocycles. The lowest BCUT2D eigenvalue weighted by atomic mass is 10.2. The molecule has 2 aromatic rings. The third-order valence-electron chi connectivity index (χ3n) is 2.47. The summed E-state index contributed by atoms with van der Waals surface area (Å²) in [7, 11) is 0. The zero-order valence-corrected chi connectivity index (χ0v) is 9.75. The molecule has 94 valence electrons. The summed E-state index contributed by atoms with van der Waals surface area (Å²) >= 11 is 0. The largest absolute Gasteiger partial charge is 0.452 e. The van der Waals surface area contributed by atoms with Crippen LogP contribution in [0.3, 0.4) is 0 Å². The molecule has 0 aliphatic rings. The van der Waals surface area contributed by atoms with Crippen LogP contribution in [-0.2, 0) is 20.7 Å². The van der Waals surface area contributed by atoms with Crippen LogP contribution < -0.4 is 5.73 Å². The van der Waals surface area contributed by atoms with E-state index < -0.39 is 18.0 Å². The molecule has 18 heavy (non-hydrogen) atoms. The Hall–Kier alpha value is -2.37. The number of rotatable bonds is 4. The van der Waals surface area contributed by atoms with Gasteiger partial charge in [-0.2, -0.15) is 0 Å². The molecule has 6 nitrogen and oxygen atoms in total. The highest BCUT2D eigenvalue weighted by Crippen LogP contribution is 2.18. The number of carbonyl (C=O) groups is 2. The zero-order valence-electron chi connectivity index (χ0n) is 9.75. The van der Waals surface area contributed by atoms with Gasteiger partial charge in [-0.15, -0.1) is 0 Å². The summed E-state index contributed by atoms with van der Waals surface area (Å²) in [6.45, 7) is 1.42. The Morgan fingerprint density at radius 3 is 2.89 bits per heavy atom. The van der Waals surface area contributed by atoms with Crippen molar-refractivity contribution in [3.63, 3.8) is 0 Å². The number of ether oxygens (including phenoxy) is 1. The number of nitrogens with two attached hydrogens (primary N) is 1. The highest BCUT2D eigenvalue weighted by atomic mass is 16.5. The summed E-state index contributed by atoms with van der Waals surface area (Å²) in [5.41, 5.74) is 6.08. The summed E-state index contributed by atoms with van der Waals surface area (Å²) in [5, 5.41) is 4.55. The molecular weight excluding hydrogens is 236 g/mol. The first kappa shape index (κ1) is 12.1. The second-order valence-corrected chi connectivity index (χ2v) is 3.84. The van der Waals surface area contributed by atoms with Gasteiger partial charge in [0, 0.05) is 5.39 Å². The van der Waals surface area contributed by atoms with Crippen LogP contribution in [0.2, 0.25) is 0 Å². The average molecular weight is 248 g/mol. The first-order valence-electron chi connectivity index (χ1n) is 5.40. The maximum absolute atomic E-state index is 11.6. The van der Waals surface area contributed by atoms with Crippen molar-refractivity contribution >= 4 is 22.8 Å². The number of hydrogen-bond donors (Lipinski definition) is 1. The van der Waals surface area contributed by atoms with Gasteiger partial charge < -0.3 is 15.0 Å². The van der Waals surface area contributed by atoms with Crippen LogP contribution in [0.1, 0.15) is 12.6 Å². The maximum Gasteiger partial charge on any atom is 0.312 e. The standard InChI is InChI=1S/C12H12N2O4/c1-7(12(13)16)17-11(15)6-9-8-4-2-3-5-10(8)18-14-9/h2-5,7H,6H2,1H3,(H2,13,16)/t7-/m1/s1. The fraction of sp³-hybridized carbons (Fsp3) is 0.250. The van der Waals surface area contributed by atoms with Crippen LogP contribution in [0.4, 0.5) is 0 Å². The van der Waals surface area contributed by atoms with Crippen molar-refractivity contribution in [2.45, 2.75) is 19.4 Å². The van der Waals surface area contributed by atoms with E-state index in [1.54, 1.807) is 12.1 Å². The molecule has 0 aliphatic heterocycles. The Bertz CT molecular complexity index is 591. The summed E-state index contributed by atoms with van der Waals surface area (Å²) in [6, 6.07) is 7.18. The number of benzene rings is 1. The fourth-order valence-corrected chi connectivity index (χ4v) is 1.50. The molecule has 2 N–H and O–H groups in total. The van der Waals surface area contributed by atoms with Gasteiger partial charge in [-0.25, -0.2) is 0 Å². The number of aromatic nitrogens is 1.